The molecule has 1 N–H and O–H groups in total. The van der Waals surface area contributed by atoms with Gasteiger partial charge in [-0.2, -0.15) is 0 Å². The molecular weight excluding hydrogens is 240 g/mol. The molecule has 110 valence electrons. The first-order valence-electron chi connectivity index (χ1n) is 7.63. The van der Waals surface area contributed by atoms with Crippen molar-refractivity contribution < 1.29 is 9.53 Å². The van der Waals surface area contributed by atoms with Crippen molar-refractivity contribution in [2.24, 2.45) is 5.41 Å². The molecule has 0 aromatic heterocycles. The highest BCUT2D eigenvalue weighted by Crippen LogP contribution is 2.43. The summed E-state index contributed by atoms with van der Waals surface area (Å²) in [6, 6.07) is 0. The van der Waals surface area contributed by atoms with Crippen LogP contribution in [0.1, 0.15) is 46.5 Å². The van der Waals surface area contributed by atoms with Gasteiger partial charge in [-0.15, -0.1) is 0 Å². The van der Waals surface area contributed by atoms with E-state index in [1.54, 1.807) is 0 Å². The van der Waals surface area contributed by atoms with E-state index in [0.29, 0.717) is 12.0 Å². The Hall–Kier alpha value is -0.610. The van der Waals surface area contributed by atoms with E-state index in [4.69, 9.17) is 4.74 Å². The van der Waals surface area contributed by atoms with Crippen LogP contribution in [0.25, 0.3) is 0 Å². The first kappa shape index (κ1) is 14.8. The molecule has 4 nitrogen and oxygen atoms in total. The predicted octanol–water partition coefficient (Wildman–Crippen LogP) is 1.79. The first-order chi connectivity index (χ1) is 9.00. The third kappa shape index (κ3) is 3.11. The molecule has 19 heavy (non-hydrogen) atoms. The molecule has 0 bridgehead atoms. The molecule has 0 spiro atoms. The SMILES string of the molecule is CCOC(=O)C1(N2CCNCC2)CCC(C)(C)CC1. The summed E-state index contributed by atoms with van der Waals surface area (Å²) in [7, 11) is 0. The van der Waals surface area contributed by atoms with Crippen LogP contribution in [0.2, 0.25) is 0 Å². The Balaban J connectivity index is 2.15. The zero-order chi connectivity index (χ0) is 13.9. The number of ether oxygens (including phenoxy) is 1. The van der Waals surface area contributed by atoms with Crippen LogP contribution in [0.3, 0.4) is 0 Å². The Kier molecular flexibility index (Phi) is 4.51. The van der Waals surface area contributed by atoms with E-state index in [1.165, 1.54) is 0 Å². The van der Waals surface area contributed by atoms with Gasteiger partial charge in [-0.3, -0.25) is 9.69 Å². The molecule has 2 fully saturated rings. The van der Waals surface area contributed by atoms with Crippen LogP contribution < -0.4 is 5.32 Å². The van der Waals surface area contributed by atoms with E-state index in [9.17, 15) is 4.79 Å². The zero-order valence-corrected chi connectivity index (χ0v) is 12.6. The molecule has 4 heteroatoms. The van der Waals surface area contributed by atoms with Gasteiger partial charge in [0, 0.05) is 26.2 Å². The molecule has 1 heterocycles. The Morgan fingerprint density at radius 2 is 1.74 bits per heavy atom. The van der Waals surface area contributed by atoms with Crippen LogP contribution in [-0.4, -0.2) is 49.2 Å². The van der Waals surface area contributed by atoms with Crippen molar-refractivity contribution in [1.29, 1.82) is 0 Å². The van der Waals surface area contributed by atoms with Crippen LogP contribution in [0.5, 0.6) is 0 Å². The Bertz CT molecular complexity index is 312. The number of piperazine rings is 1. The van der Waals surface area contributed by atoms with E-state index in [2.05, 4.69) is 24.1 Å². The smallest absolute Gasteiger partial charge is 0.326 e. The lowest BCUT2D eigenvalue weighted by molar-refractivity contribution is -0.163. The van der Waals surface area contributed by atoms with Gasteiger partial charge in [0.1, 0.15) is 5.54 Å². The fourth-order valence-electron chi connectivity index (χ4n) is 3.35. The maximum absolute atomic E-state index is 12.5. The van der Waals surface area contributed by atoms with Crippen LogP contribution in [0, 0.1) is 5.41 Å². The van der Waals surface area contributed by atoms with E-state index in [1.807, 2.05) is 6.92 Å². The van der Waals surface area contributed by atoms with Gasteiger partial charge >= 0.3 is 5.97 Å². The minimum Gasteiger partial charge on any atom is -0.465 e. The minimum atomic E-state index is -0.354. The molecule has 2 aliphatic rings. The average Bonchev–Trinajstić information content (AvgIpc) is 2.40. The highest BCUT2D eigenvalue weighted by Gasteiger charge is 2.49. The number of hydrogen-bond donors (Lipinski definition) is 1. The van der Waals surface area contributed by atoms with Crippen molar-refractivity contribution in [3.8, 4) is 0 Å². The summed E-state index contributed by atoms with van der Waals surface area (Å²) in [5.41, 5.74) is 0.0116. The second-order valence-corrected chi connectivity index (χ2v) is 6.65. The van der Waals surface area contributed by atoms with Gasteiger partial charge in [0.2, 0.25) is 0 Å². The number of nitrogens with one attached hydrogen (secondary N) is 1. The molecule has 2 rings (SSSR count). The molecule has 0 aromatic rings. The molecule has 0 unspecified atom stereocenters. The van der Waals surface area contributed by atoms with Crippen molar-refractivity contribution in [3.05, 3.63) is 0 Å². The minimum absolute atomic E-state index is 0.00685. The van der Waals surface area contributed by atoms with Crippen molar-refractivity contribution in [2.75, 3.05) is 32.8 Å². The third-order valence-corrected chi connectivity index (χ3v) is 4.81. The highest BCUT2D eigenvalue weighted by atomic mass is 16.5. The van der Waals surface area contributed by atoms with Crippen LogP contribution in [-0.2, 0) is 9.53 Å². The Morgan fingerprint density at radius 1 is 1.16 bits per heavy atom. The van der Waals surface area contributed by atoms with Crippen molar-refractivity contribution >= 4 is 5.97 Å². The second kappa shape index (κ2) is 5.80. The van der Waals surface area contributed by atoms with Crippen molar-refractivity contribution in [1.82, 2.24) is 10.2 Å². The summed E-state index contributed by atoms with van der Waals surface area (Å²) in [6.07, 6.45) is 4.10. The largest absolute Gasteiger partial charge is 0.465 e. The van der Waals surface area contributed by atoms with E-state index >= 15 is 0 Å². The number of carbonyl (C=O) groups is 1. The fraction of sp³-hybridized carbons (Fsp3) is 0.933. The van der Waals surface area contributed by atoms with Gasteiger partial charge in [-0.1, -0.05) is 13.8 Å². The van der Waals surface area contributed by atoms with Gasteiger partial charge in [0.15, 0.2) is 0 Å². The summed E-state index contributed by atoms with van der Waals surface area (Å²) in [5, 5.41) is 3.36. The summed E-state index contributed by atoms with van der Waals surface area (Å²) < 4.78 is 5.41. The monoisotopic (exact) mass is 268 g/mol. The zero-order valence-electron chi connectivity index (χ0n) is 12.6. The molecular formula is C15H28N2O2. The number of carbonyl (C=O) groups excluding carboxylic acids is 1. The van der Waals surface area contributed by atoms with E-state index in [-0.39, 0.29) is 11.5 Å². The highest BCUT2D eigenvalue weighted by molar-refractivity contribution is 5.81. The van der Waals surface area contributed by atoms with Gasteiger partial charge in [-0.05, 0) is 38.0 Å². The van der Waals surface area contributed by atoms with Crippen molar-refractivity contribution in [2.45, 2.75) is 52.0 Å². The molecule has 1 aliphatic carbocycles. The molecule has 0 amide bonds. The quantitative estimate of drug-likeness (QED) is 0.793. The maximum atomic E-state index is 12.5. The normalized spacial score (nSPS) is 26.9. The first-order valence-corrected chi connectivity index (χ1v) is 7.63. The van der Waals surface area contributed by atoms with Crippen LogP contribution in [0.4, 0.5) is 0 Å². The molecule has 1 saturated carbocycles. The second-order valence-electron chi connectivity index (χ2n) is 6.65. The standard InChI is InChI=1S/C15H28N2O2/c1-4-19-13(18)15(17-11-9-16-10-12-17)7-5-14(2,3)6-8-15/h16H,4-12H2,1-3H3. The maximum Gasteiger partial charge on any atom is 0.326 e. The average molecular weight is 268 g/mol. The third-order valence-electron chi connectivity index (χ3n) is 4.81. The molecule has 0 aromatic carbocycles. The van der Waals surface area contributed by atoms with Gasteiger partial charge < -0.3 is 10.1 Å². The van der Waals surface area contributed by atoms with E-state index < -0.39 is 0 Å². The Morgan fingerprint density at radius 3 is 2.26 bits per heavy atom. The number of rotatable bonds is 3. The lowest BCUT2D eigenvalue weighted by Crippen LogP contribution is -2.62. The summed E-state index contributed by atoms with van der Waals surface area (Å²) in [5.74, 6) is 0.00685. The van der Waals surface area contributed by atoms with Gasteiger partial charge in [0.25, 0.3) is 0 Å². The lowest BCUT2D eigenvalue weighted by Gasteiger charge is -2.49. The topological polar surface area (TPSA) is 41.6 Å². The van der Waals surface area contributed by atoms with Gasteiger partial charge in [-0.25, -0.2) is 0 Å². The summed E-state index contributed by atoms with van der Waals surface area (Å²) in [6.45, 7) is 10.9. The number of esters is 1. The molecule has 0 atom stereocenters. The summed E-state index contributed by atoms with van der Waals surface area (Å²) in [4.78, 5) is 14.9. The number of hydrogen-bond acceptors (Lipinski definition) is 4. The lowest BCUT2D eigenvalue weighted by atomic mass is 9.68. The van der Waals surface area contributed by atoms with E-state index in [0.717, 1.165) is 51.9 Å². The van der Waals surface area contributed by atoms with Crippen molar-refractivity contribution in [3.63, 3.8) is 0 Å². The van der Waals surface area contributed by atoms with Gasteiger partial charge in [0.05, 0.1) is 6.61 Å². The molecule has 1 aliphatic heterocycles. The van der Waals surface area contributed by atoms with Crippen LogP contribution in [0.15, 0.2) is 0 Å². The number of nitrogens with zero attached hydrogens (tertiary/aromatic N) is 1. The molecule has 0 radical (unpaired) electrons. The predicted molar refractivity (Wildman–Crippen MR) is 76.1 cm³/mol. The molecule has 1 saturated heterocycles. The fourth-order valence-corrected chi connectivity index (χ4v) is 3.35. The Labute approximate surface area is 116 Å². The summed E-state index contributed by atoms with van der Waals surface area (Å²) >= 11 is 0. The van der Waals surface area contributed by atoms with Crippen LogP contribution >= 0.6 is 0 Å².